The Bertz CT molecular complexity index is 184. The van der Waals surface area contributed by atoms with Gasteiger partial charge >= 0.3 is 5.97 Å². The van der Waals surface area contributed by atoms with Crippen molar-refractivity contribution in [2.75, 3.05) is 13.2 Å². The molecule has 0 bridgehead atoms. The minimum absolute atomic E-state index is 0.398. The molecule has 3 nitrogen and oxygen atoms in total. The van der Waals surface area contributed by atoms with Crippen LogP contribution in [0.5, 0.6) is 0 Å². The van der Waals surface area contributed by atoms with Gasteiger partial charge in [0.05, 0.1) is 6.61 Å². The predicted molar refractivity (Wildman–Crippen MR) is 67.4 cm³/mol. The minimum Gasteiger partial charge on any atom is -0.462 e. The van der Waals surface area contributed by atoms with Gasteiger partial charge in [-0.1, -0.05) is 26.7 Å². The van der Waals surface area contributed by atoms with Crippen molar-refractivity contribution in [2.24, 2.45) is 0 Å². The molecule has 0 N–H and O–H groups in total. The van der Waals surface area contributed by atoms with Crippen molar-refractivity contribution in [1.29, 1.82) is 0 Å². The first-order valence-electron chi connectivity index (χ1n) is 5.30. The van der Waals surface area contributed by atoms with Crippen molar-refractivity contribution in [3.05, 3.63) is 0 Å². The number of hydrogen-bond donors (Lipinski definition) is 2. The topological polar surface area (TPSA) is 35.5 Å². The summed E-state index contributed by atoms with van der Waals surface area (Å²) < 4.78 is 8.76. The number of rotatable bonds is 8. The summed E-state index contributed by atoms with van der Waals surface area (Å²) in [5.74, 6) is -0.529. The van der Waals surface area contributed by atoms with Gasteiger partial charge in [-0.15, -0.1) is 25.3 Å². The molecule has 0 atom stereocenters. The molecule has 0 aromatic carbocycles. The Kier molecular flexibility index (Phi) is 8.37. The van der Waals surface area contributed by atoms with Crippen LogP contribution in [0.4, 0.5) is 0 Å². The number of hydrogen-bond acceptors (Lipinski definition) is 5. The maximum Gasteiger partial charge on any atom is 0.359 e. The summed E-state index contributed by atoms with van der Waals surface area (Å²) in [5.41, 5.74) is 0. The number of ether oxygens (including phenoxy) is 2. The van der Waals surface area contributed by atoms with Gasteiger partial charge < -0.3 is 9.47 Å². The fourth-order valence-corrected chi connectivity index (χ4v) is 1.13. The predicted octanol–water partition coefficient (Wildman–Crippen LogP) is 2.66. The van der Waals surface area contributed by atoms with E-state index in [0.29, 0.717) is 13.2 Å². The molecule has 0 aliphatic rings. The smallest absolute Gasteiger partial charge is 0.359 e. The molecule has 0 aromatic rings. The van der Waals surface area contributed by atoms with Gasteiger partial charge in [-0.2, -0.15) is 0 Å². The Balaban J connectivity index is 3.80. The molecule has 90 valence electrons. The first-order valence-corrected chi connectivity index (χ1v) is 6.20. The minimum atomic E-state index is -1.41. The number of unbranched alkanes of at least 4 members (excludes halogenated alkanes) is 2. The van der Waals surface area contributed by atoms with Gasteiger partial charge in [0, 0.05) is 6.61 Å². The van der Waals surface area contributed by atoms with Gasteiger partial charge in [0.1, 0.15) is 0 Å². The maximum absolute atomic E-state index is 11.4. The molecular formula is C10H20O3S2. The van der Waals surface area contributed by atoms with Crippen LogP contribution in [0, 0.1) is 0 Å². The summed E-state index contributed by atoms with van der Waals surface area (Å²) in [5, 5.41) is 0. The van der Waals surface area contributed by atoms with E-state index in [1.165, 1.54) is 0 Å². The van der Waals surface area contributed by atoms with E-state index in [4.69, 9.17) is 9.47 Å². The lowest BCUT2D eigenvalue weighted by molar-refractivity contribution is -0.153. The van der Waals surface area contributed by atoms with E-state index in [0.717, 1.165) is 25.7 Å². The zero-order valence-corrected chi connectivity index (χ0v) is 11.2. The second-order valence-corrected chi connectivity index (χ2v) is 4.91. The lowest BCUT2D eigenvalue weighted by Crippen LogP contribution is -2.32. The van der Waals surface area contributed by atoms with Crippen molar-refractivity contribution in [3.8, 4) is 0 Å². The monoisotopic (exact) mass is 252 g/mol. The second kappa shape index (κ2) is 8.30. The molecule has 0 aliphatic heterocycles. The van der Waals surface area contributed by atoms with Crippen molar-refractivity contribution in [1.82, 2.24) is 0 Å². The van der Waals surface area contributed by atoms with Gasteiger partial charge in [-0.05, 0) is 12.8 Å². The molecule has 0 aliphatic carbocycles. The first kappa shape index (κ1) is 15.1. The van der Waals surface area contributed by atoms with Gasteiger partial charge in [0.2, 0.25) is 0 Å². The Morgan fingerprint density at radius 2 is 1.67 bits per heavy atom. The largest absolute Gasteiger partial charge is 0.462 e. The third kappa shape index (κ3) is 7.09. The fraction of sp³-hybridized carbons (Fsp3) is 0.900. The molecule has 5 heteroatoms. The molecule has 0 aromatic heterocycles. The average molecular weight is 252 g/mol. The molecule has 0 rings (SSSR count). The van der Waals surface area contributed by atoms with Crippen LogP contribution in [-0.4, -0.2) is 23.4 Å². The lowest BCUT2D eigenvalue weighted by Gasteiger charge is -2.20. The zero-order chi connectivity index (χ0) is 11.7. The van der Waals surface area contributed by atoms with Crippen molar-refractivity contribution in [2.45, 2.75) is 43.8 Å². The highest BCUT2D eigenvalue weighted by atomic mass is 32.2. The van der Waals surface area contributed by atoms with Gasteiger partial charge in [-0.3, -0.25) is 0 Å². The van der Waals surface area contributed by atoms with Crippen LogP contribution in [0.3, 0.4) is 0 Å². The second-order valence-electron chi connectivity index (χ2n) is 3.30. The third-order valence-corrected chi connectivity index (χ3v) is 2.42. The number of thiol groups is 2. The van der Waals surface area contributed by atoms with E-state index in [1.807, 2.05) is 13.8 Å². The summed E-state index contributed by atoms with van der Waals surface area (Å²) in [6, 6.07) is 0. The van der Waals surface area contributed by atoms with E-state index in [-0.39, 0.29) is 0 Å². The van der Waals surface area contributed by atoms with Crippen LogP contribution < -0.4 is 0 Å². The van der Waals surface area contributed by atoms with Crippen LogP contribution in [0.2, 0.25) is 0 Å². The summed E-state index contributed by atoms with van der Waals surface area (Å²) in [7, 11) is 0. The molecule has 0 saturated heterocycles. The Hall–Kier alpha value is 0.130. The van der Waals surface area contributed by atoms with E-state index in [9.17, 15) is 4.79 Å². The molecule has 0 saturated carbocycles. The summed E-state index contributed by atoms with van der Waals surface area (Å²) >= 11 is 8.05. The molecule has 15 heavy (non-hydrogen) atoms. The standard InChI is InChI=1S/C10H20O3S2/c1-3-5-7-12-9(11)10(14,15)13-8-6-4-2/h14-15H,3-8H2,1-2H3. The average Bonchev–Trinajstić information content (AvgIpc) is 2.18. The summed E-state index contributed by atoms with van der Waals surface area (Å²) in [6.45, 7) is 4.93. The van der Waals surface area contributed by atoms with E-state index < -0.39 is 10.2 Å². The molecule has 0 unspecified atom stereocenters. The van der Waals surface area contributed by atoms with Crippen LogP contribution in [0.15, 0.2) is 0 Å². The fourth-order valence-electron chi connectivity index (χ4n) is 0.821. The summed E-state index contributed by atoms with van der Waals surface area (Å²) in [6.07, 6.45) is 3.71. The zero-order valence-electron chi connectivity index (χ0n) is 9.36. The third-order valence-electron chi connectivity index (χ3n) is 1.80. The van der Waals surface area contributed by atoms with E-state index in [1.54, 1.807) is 0 Å². The van der Waals surface area contributed by atoms with E-state index >= 15 is 0 Å². The normalized spacial score (nSPS) is 11.5. The van der Waals surface area contributed by atoms with Crippen molar-refractivity contribution in [3.63, 3.8) is 0 Å². The lowest BCUT2D eigenvalue weighted by atomic mass is 10.4. The molecule has 0 spiro atoms. The van der Waals surface area contributed by atoms with Crippen LogP contribution in [0.1, 0.15) is 39.5 Å². The number of esters is 1. The van der Waals surface area contributed by atoms with Gasteiger partial charge in [0.15, 0.2) is 0 Å². The SMILES string of the molecule is CCCCOC(=O)C(S)(S)OCCCC. The Morgan fingerprint density at radius 1 is 1.13 bits per heavy atom. The van der Waals surface area contributed by atoms with Gasteiger partial charge in [0.25, 0.3) is 4.27 Å². The van der Waals surface area contributed by atoms with Crippen molar-refractivity contribution >= 4 is 31.2 Å². The Morgan fingerprint density at radius 3 is 2.20 bits per heavy atom. The molecule has 0 heterocycles. The van der Waals surface area contributed by atoms with Crippen LogP contribution in [-0.2, 0) is 14.3 Å². The summed E-state index contributed by atoms with van der Waals surface area (Å²) in [4.78, 5) is 11.4. The molecular weight excluding hydrogens is 232 g/mol. The highest BCUT2D eigenvalue weighted by molar-refractivity contribution is 8.01. The van der Waals surface area contributed by atoms with Gasteiger partial charge in [-0.25, -0.2) is 4.79 Å². The molecule has 0 radical (unpaired) electrons. The number of carbonyl (C=O) groups excluding carboxylic acids is 1. The van der Waals surface area contributed by atoms with Crippen LogP contribution >= 0.6 is 25.3 Å². The highest BCUT2D eigenvalue weighted by Crippen LogP contribution is 2.23. The van der Waals surface area contributed by atoms with Crippen LogP contribution in [0.25, 0.3) is 0 Å². The van der Waals surface area contributed by atoms with E-state index in [2.05, 4.69) is 25.3 Å². The van der Waals surface area contributed by atoms with Crippen molar-refractivity contribution < 1.29 is 14.3 Å². The highest BCUT2D eigenvalue weighted by Gasteiger charge is 2.32. The molecule has 0 fully saturated rings. The maximum atomic E-state index is 11.4. The first-order chi connectivity index (χ1) is 7.04. The number of carbonyl (C=O) groups is 1. The molecule has 0 amide bonds. The Labute approximate surface area is 103 Å². The quantitative estimate of drug-likeness (QED) is 0.302.